The van der Waals surface area contributed by atoms with Crippen molar-refractivity contribution in [2.45, 2.75) is 0 Å². The van der Waals surface area contributed by atoms with E-state index in [4.69, 9.17) is 4.74 Å². The van der Waals surface area contributed by atoms with E-state index < -0.39 is 0 Å². The van der Waals surface area contributed by atoms with Crippen LogP contribution in [-0.2, 0) is 4.74 Å². The first-order valence-corrected chi connectivity index (χ1v) is 11.8. The summed E-state index contributed by atoms with van der Waals surface area (Å²) < 4.78 is 5.47. The van der Waals surface area contributed by atoms with Crippen LogP contribution < -0.4 is 10.2 Å². The molecular formula is C28H24N6O2. The molecule has 36 heavy (non-hydrogen) atoms. The van der Waals surface area contributed by atoms with Crippen molar-refractivity contribution in [2.75, 3.05) is 36.5 Å². The third-order valence-electron chi connectivity index (χ3n) is 6.30. The topological polar surface area (TPSA) is 96.0 Å². The van der Waals surface area contributed by atoms with Gasteiger partial charge in [-0.2, -0.15) is 5.10 Å². The van der Waals surface area contributed by atoms with Gasteiger partial charge in [0.05, 0.1) is 48.2 Å². The number of carbonyl (C=O) groups is 1. The average molecular weight is 477 g/mol. The number of nitrogens with one attached hydrogen (secondary N) is 2. The molecule has 2 N–H and O–H groups in total. The second-order valence-corrected chi connectivity index (χ2v) is 8.62. The third kappa shape index (κ3) is 4.42. The molecule has 5 aromatic rings. The first kappa shape index (κ1) is 21.9. The van der Waals surface area contributed by atoms with Crippen molar-refractivity contribution >= 4 is 28.2 Å². The predicted octanol–water partition coefficient (Wildman–Crippen LogP) is 4.78. The molecule has 8 nitrogen and oxygen atoms in total. The fourth-order valence-corrected chi connectivity index (χ4v) is 4.38. The number of pyridine rings is 2. The number of H-pyrrole nitrogens is 1. The van der Waals surface area contributed by atoms with Crippen molar-refractivity contribution in [3.05, 3.63) is 91.0 Å². The van der Waals surface area contributed by atoms with Gasteiger partial charge in [-0.1, -0.05) is 36.4 Å². The highest BCUT2D eigenvalue weighted by Gasteiger charge is 2.17. The molecular weight excluding hydrogens is 452 g/mol. The van der Waals surface area contributed by atoms with Crippen LogP contribution in [0.25, 0.3) is 33.3 Å². The largest absolute Gasteiger partial charge is 0.378 e. The number of hydrogen-bond acceptors (Lipinski definition) is 6. The van der Waals surface area contributed by atoms with E-state index in [1.54, 1.807) is 6.20 Å². The average Bonchev–Trinajstić information content (AvgIpc) is 3.38. The minimum absolute atomic E-state index is 0.298. The third-order valence-corrected chi connectivity index (χ3v) is 6.30. The van der Waals surface area contributed by atoms with Crippen LogP contribution in [0.2, 0.25) is 0 Å². The van der Waals surface area contributed by atoms with Crippen LogP contribution in [0.5, 0.6) is 0 Å². The number of rotatable bonds is 5. The molecule has 8 heteroatoms. The van der Waals surface area contributed by atoms with Gasteiger partial charge in [0.1, 0.15) is 0 Å². The van der Waals surface area contributed by atoms with Crippen LogP contribution in [0.4, 0.5) is 11.4 Å². The van der Waals surface area contributed by atoms with Crippen molar-refractivity contribution in [2.24, 2.45) is 0 Å². The number of carbonyl (C=O) groups excluding carboxylic acids is 1. The van der Waals surface area contributed by atoms with E-state index in [-0.39, 0.29) is 5.91 Å². The lowest BCUT2D eigenvalue weighted by Gasteiger charge is -2.28. The maximum absolute atomic E-state index is 13.1. The molecule has 0 radical (unpaired) electrons. The Morgan fingerprint density at radius 2 is 1.75 bits per heavy atom. The van der Waals surface area contributed by atoms with Gasteiger partial charge in [-0.3, -0.25) is 19.9 Å². The van der Waals surface area contributed by atoms with E-state index in [1.165, 1.54) is 0 Å². The highest BCUT2D eigenvalue weighted by molar-refractivity contribution is 6.11. The normalized spacial score (nSPS) is 13.6. The van der Waals surface area contributed by atoms with E-state index in [0.717, 1.165) is 52.1 Å². The fraction of sp³-hybridized carbons (Fsp3) is 0.143. The van der Waals surface area contributed by atoms with E-state index in [2.05, 4.69) is 36.4 Å². The Morgan fingerprint density at radius 1 is 0.889 bits per heavy atom. The molecule has 1 aliphatic rings. The van der Waals surface area contributed by atoms with E-state index in [9.17, 15) is 4.79 Å². The van der Waals surface area contributed by atoms with Crippen molar-refractivity contribution in [3.63, 3.8) is 0 Å². The fourth-order valence-electron chi connectivity index (χ4n) is 4.38. The number of ether oxygens (including phenoxy) is 1. The monoisotopic (exact) mass is 476 g/mol. The molecule has 0 unspecified atom stereocenters. The van der Waals surface area contributed by atoms with Crippen molar-refractivity contribution in [1.29, 1.82) is 0 Å². The first-order valence-electron chi connectivity index (χ1n) is 11.8. The lowest BCUT2D eigenvalue weighted by molar-refractivity contribution is 0.102. The summed E-state index contributed by atoms with van der Waals surface area (Å²) in [7, 11) is 0. The standard InChI is InChI=1S/C28H24N6O2/c35-28(31-22-7-9-25(30-17-22)19-4-2-1-3-5-19)27-24-15-20(6-8-26(24)32-33-27)21-14-23(18-29-16-21)34-10-12-36-13-11-34/h1-9,14-18H,10-13H2,(H,31,35)(H,32,33). The molecule has 1 aliphatic heterocycles. The van der Waals surface area contributed by atoms with Gasteiger partial charge < -0.3 is 15.0 Å². The van der Waals surface area contributed by atoms with E-state index in [0.29, 0.717) is 24.6 Å². The summed E-state index contributed by atoms with van der Waals surface area (Å²) in [6.07, 6.45) is 5.37. The van der Waals surface area contributed by atoms with Gasteiger partial charge in [-0.15, -0.1) is 0 Å². The Kier molecular flexibility index (Phi) is 5.85. The highest BCUT2D eigenvalue weighted by atomic mass is 16.5. The molecule has 3 aromatic heterocycles. The maximum atomic E-state index is 13.1. The van der Waals surface area contributed by atoms with Crippen LogP contribution in [0.3, 0.4) is 0 Å². The van der Waals surface area contributed by atoms with E-state index in [1.807, 2.05) is 73.1 Å². The van der Waals surface area contributed by atoms with Gasteiger partial charge >= 0.3 is 0 Å². The van der Waals surface area contributed by atoms with Gasteiger partial charge in [0.25, 0.3) is 5.91 Å². The number of hydrogen-bond donors (Lipinski definition) is 2. The van der Waals surface area contributed by atoms with Gasteiger partial charge in [0.15, 0.2) is 5.69 Å². The van der Waals surface area contributed by atoms with Crippen LogP contribution >= 0.6 is 0 Å². The number of anilines is 2. The SMILES string of the molecule is O=C(Nc1ccc(-c2ccccc2)nc1)c1n[nH]c2ccc(-c3cncc(N4CCOCC4)c3)cc12. The van der Waals surface area contributed by atoms with Crippen LogP contribution in [0.1, 0.15) is 10.5 Å². The van der Waals surface area contributed by atoms with Gasteiger partial charge in [-0.25, -0.2) is 0 Å². The zero-order chi connectivity index (χ0) is 24.3. The molecule has 1 amide bonds. The number of aromatic nitrogens is 4. The Bertz CT molecular complexity index is 1510. The quantitative estimate of drug-likeness (QED) is 0.379. The van der Waals surface area contributed by atoms with Crippen molar-refractivity contribution < 1.29 is 9.53 Å². The number of nitrogens with zero attached hydrogens (tertiary/aromatic N) is 4. The number of fused-ring (bicyclic) bond motifs is 1. The van der Waals surface area contributed by atoms with Crippen LogP contribution in [-0.4, -0.2) is 52.4 Å². The molecule has 1 saturated heterocycles. The number of morpholine rings is 1. The maximum Gasteiger partial charge on any atom is 0.276 e. The van der Waals surface area contributed by atoms with Crippen molar-refractivity contribution in [1.82, 2.24) is 20.2 Å². The number of amides is 1. The van der Waals surface area contributed by atoms with Crippen LogP contribution in [0, 0.1) is 0 Å². The number of aromatic amines is 1. The second kappa shape index (κ2) is 9.59. The zero-order valence-electron chi connectivity index (χ0n) is 19.5. The second-order valence-electron chi connectivity index (χ2n) is 8.62. The number of benzene rings is 2. The Hall–Kier alpha value is -4.56. The molecule has 0 atom stereocenters. The predicted molar refractivity (Wildman–Crippen MR) is 140 cm³/mol. The molecule has 4 heterocycles. The molecule has 1 fully saturated rings. The molecule has 0 aliphatic carbocycles. The highest BCUT2D eigenvalue weighted by Crippen LogP contribution is 2.28. The zero-order valence-corrected chi connectivity index (χ0v) is 19.5. The summed E-state index contributed by atoms with van der Waals surface area (Å²) in [5, 5.41) is 10.9. The van der Waals surface area contributed by atoms with Gasteiger partial charge in [-0.05, 0) is 35.9 Å². The first-order chi connectivity index (χ1) is 17.7. The Labute approximate surface area is 208 Å². The smallest absolute Gasteiger partial charge is 0.276 e. The molecule has 0 saturated carbocycles. The van der Waals surface area contributed by atoms with Gasteiger partial charge in [0.2, 0.25) is 0 Å². The minimum atomic E-state index is -0.298. The lowest BCUT2D eigenvalue weighted by atomic mass is 10.0. The molecule has 178 valence electrons. The summed E-state index contributed by atoms with van der Waals surface area (Å²) in [6.45, 7) is 3.12. The van der Waals surface area contributed by atoms with Crippen molar-refractivity contribution in [3.8, 4) is 22.4 Å². The van der Waals surface area contributed by atoms with E-state index >= 15 is 0 Å². The molecule has 2 aromatic carbocycles. The summed E-state index contributed by atoms with van der Waals surface area (Å²) in [6, 6.07) is 21.7. The summed E-state index contributed by atoms with van der Waals surface area (Å²) in [5.74, 6) is -0.298. The molecule has 0 spiro atoms. The molecule has 6 rings (SSSR count). The van der Waals surface area contributed by atoms with Gasteiger partial charge in [0, 0.05) is 35.8 Å². The molecule has 0 bridgehead atoms. The summed E-state index contributed by atoms with van der Waals surface area (Å²) >= 11 is 0. The Balaban J connectivity index is 1.24. The minimum Gasteiger partial charge on any atom is -0.378 e. The summed E-state index contributed by atoms with van der Waals surface area (Å²) in [4.78, 5) is 24.3. The lowest BCUT2D eigenvalue weighted by Crippen LogP contribution is -2.36. The van der Waals surface area contributed by atoms with Crippen LogP contribution in [0.15, 0.2) is 85.3 Å². The Morgan fingerprint density at radius 3 is 2.56 bits per heavy atom. The summed E-state index contributed by atoms with van der Waals surface area (Å²) in [5.41, 5.74) is 6.60.